The third kappa shape index (κ3) is 3.38. The van der Waals surface area contributed by atoms with Crippen LogP contribution in [-0.2, 0) is 4.79 Å². The van der Waals surface area contributed by atoms with Gasteiger partial charge in [0.15, 0.2) is 5.75 Å². The predicted octanol–water partition coefficient (Wildman–Crippen LogP) is 3.32. The van der Waals surface area contributed by atoms with Gasteiger partial charge in [-0.2, -0.15) is 5.10 Å². The second-order valence-electron chi connectivity index (χ2n) is 7.16. The second-order valence-corrected chi connectivity index (χ2v) is 7.54. The average molecular weight is 454 g/mol. The Bertz CT molecular complexity index is 1350. The van der Waals surface area contributed by atoms with Gasteiger partial charge >= 0.3 is 0 Å². The summed E-state index contributed by atoms with van der Waals surface area (Å²) in [5.41, 5.74) is 0.906. The number of carbonyl (C=O) groups excluding carboxylic acids is 1. The number of H-pyrrole nitrogens is 1. The molecule has 32 heavy (non-hydrogen) atoms. The van der Waals surface area contributed by atoms with Crippen LogP contribution in [0.1, 0.15) is 0 Å². The summed E-state index contributed by atoms with van der Waals surface area (Å²) in [5, 5.41) is 7.70. The van der Waals surface area contributed by atoms with E-state index in [1.807, 2.05) is 0 Å². The Morgan fingerprint density at radius 1 is 1.22 bits per heavy atom. The van der Waals surface area contributed by atoms with Gasteiger partial charge in [0.2, 0.25) is 11.8 Å². The summed E-state index contributed by atoms with van der Waals surface area (Å²) < 4.78 is 20.2. The number of hydrogen-bond acceptors (Lipinski definition) is 7. The number of aromatic amines is 1. The van der Waals surface area contributed by atoms with Crippen LogP contribution in [-0.4, -0.2) is 62.1 Å². The number of pyridine rings is 1. The van der Waals surface area contributed by atoms with E-state index in [0.717, 1.165) is 5.39 Å². The van der Waals surface area contributed by atoms with E-state index in [9.17, 15) is 9.18 Å². The van der Waals surface area contributed by atoms with E-state index < -0.39 is 5.82 Å². The van der Waals surface area contributed by atoms with Crippen molar-refractivity contribution in [1.82, 2.24) is 30.0 Å². The molecule has 0 bridgehead atoms. The number of carbonyl (C=O) groups is 1. The van der Waals surface area contributed by atoms with Crippen molar-refractivity contribution in [2.45, 2.75) is 0 Å². The number of benzene rings is 1. The maximum absolute atomic E-state index is 14.3. The number of hydrogen-bond donors (Lipinski definition) is 1. The molecular weight excluding hydrogens is 437 g/mol. The Kier molecular flexibility index (Phi) is 5.06. The van der Waals surface area contributed by atoms with Gasteiger partial charge in [-0.15, -0.1) is 0 Å². The van der Waals surface area contributed by atoms with Crippen LogP contribution in [0.3, 0.4) is 0 Å². The normalized spacial score (nSPS) is 14.2. The Labute approximate surface area is 186 Å². The number of anilines is 1. The summed E-state index contributed by atoms with van der Waals surface area (Å²) in [7, 11) is 0. The lowest BCUT2D eigenvalue weighted by atomic mass is 10.2. The van der Waals surface area contributed by atoms with Crippen LogP contribution in [0, 0.1) is 5.82 Å². The number of rotatable bonds is 4. The number of amides is 1. The molecule has 4 heterocycles. The molecule has 0 atom stereocenters. The molecule has 1 aliphatic rings. The van der Waals surface area contributed by atoms with E-state index >= 15 is 0 Å². The molecule has 162 valence electrons. The molecule has 4 aromatic rings. The SMILES string of the molecule is C=CC(=O)N1CCN(c2ncnc3c(Oc4c(Cl)c(F)cc5[nH]ncc45)nccc23)CC1. The molecule has 0 radical (unpaired) electrons. The van der Waals surface area contributed by atoms with Crippen molar-refractivity contribution in [2.24, 2.45) is 0 Å². The van der Waals surface area contributed by atoms with E-state index in [0.29, 0.717) is 48.4 Å². The van der Waals surface area contributed by atoms with Gasteiger partial charge in [-0.05, 0) is 12.1 Å². The van der Waals surface area contributed by atoms with Crippen molar-refractivity contribution in [3.05, 3.63) is 54.3 Å². The van der Waals surface area contributed by atoms with Gasteiger partial charge in [0.05, 0.1) is 17.1 Å². The van der Waals surface area contributed by atoms with E-state index in [-0.39, 0.29) is 22.6 Å². The number of ether oxygens (including phenoxy) is 1. The van der Waals surface area contributed by atoms with E-state index in [4.69, 9.17) is 16.3 Å². The Morgan fingerprint density at radius 3 is 2.81 bits per heavy atom. The highest BCUT2D eigenvalue weighted by Crippen LogP contribution is 2.39. The molecule has 0 saturated carbocycles. The van der Waals surface area contributed by atoms with Crippen molar-refractivity contribution < 1.29 is 13.9 Å². The molecular formula is C21H17ClFN7O2. The molecule has 1 aliphatic heterocycles. The molecule has 1 amide bonds. The molecule has 1 aromatic carbocycles. The Balaban J connectivity index is 1.51. The van der Waals surface area contributed by atoms with Gasteiger partial charge in [0.1, 0.15) is 28.5 Å². The number of aromatic nitrogens is 5. The van der Waals surface area contributed by atoms with Crippen LogP contribution in [0.4, 0.5) is 10.2 Å². The van der Waals surface area contributed by atoms with E-state index in [1.165, 1.54) is 24.7 Å². The van der Waals surface area contributed by atoms with Gasteiger partial charge < -0.3 is 14.5 Å². The highest BCUT2D eigenvalue weighted by molar-refractivity contribution is 6.33. The van der Waals surface area contributed by atoms with Gasteiger partial charge in [-0.3, -0.25) is 9.89 Å². The molecule has 3 aromatic heterocycles. The van der Waals surface area contributed by atoms with Crippen LogP contribution >= 0.6 is 11.6 Å². The number of nitrogens with one attached hydrogen (secondary N) is 1. The summed E-state index contributed by atoms with van der Waals surface area (Å²) in [5.74, 6) is 0.246. The lowest BCUT2D eigenvalue weighted by Crippen LogP contribution is -2.48. The summed E-state index contributed by atoms with van der Waals surface area (Å²) >= 11 is 6.18. The van der Waals surface area contributed by atoms with Crippen molar-refractivity contribution in [1.29, 1.82) is 0 Å². The minimum Gasteiger partial charge on any atom is -0.434 e. The first-order valence-corrected chi connectivity index (χ1v) is 10.2. The monoisotopic (exact) mass is 453 g/mol. The zero-order chi connectivity index (χ0) is 22.2. The Hall–Kier alpha value is -3.79. The lowest BCUT2D eigenvalue weighted by molar-refractivity contribution is -0.126. The molecule has 5 rings (SSSR count). The van der Waals surface area contributed by atoms with Crippen molar-refractivity contribution in [2.75, 3.05) is 31.1 Å². The minimum atomic E-state index is -0.638. The highest BCUT2D eigenvalue weighted by atomic mass is 35.5. The van der Waals surface area contributed by atoms with Gasteiger partial charge in [-0.25, -0.2) is 19.3 Å². The largest absolute Gasteiger partial charge is 0.434 e. The molecule has 0 aliphatic carbocycles. The highest BCUT2D eigenvalue weighted by Gasteiger charge is 2.23. The van der Waals surface area contributed by atoms with Crippen LogP contribution in [0.25, 0.3) is 21.8 Å². The number of halogens is 2. The fourth-order valence-corrected chi connectivity index (χ4v) is 3.94. The van der Waals surface area contributed by atoms with Crippen LogP contribution in [0.2, 0.25) is 5.02 Å². The lowest BCUT2D eigenvalue weighted by Gasteiger charge is -2.35. The molecule has 0 spiro atoms. The molecule has 1 fully saturated rings. The fourth-order valence-electron chi connectivity index (χ4n) is 3.75. The third-order valence-corrected chi connectivity index (χ3v) is 5.71. The number of fused-ring (bicyclic) bond motifs is 2. The first-order chi connectivity index (χ1) is 15.6. The first-order valence-electron chi connectivity index (χ1n) is 9.81. The zero-order valence-corrected chi connectivity index (χ0v) is 17.5. The standard InChI is InChI=1S/C21H17ClFN7O2/c1-2-16(31)29-5-7-30(8-6-29)20-12-3-4-24-21(18(12)25-11-26-20)32-19-13-10-27-28-15(13)9-14(23)17(19)22/h2-4,9-11H,1,5-8H2,(H,27,28). The maximum Gasteiger partial charge on any atom is 0.246 e. The van der Waals surface area contributed by atoms with Crippen LogP contribution in [0.5, 0.6) is 11.6 Å². The molecule has 1 saturated heterocycles. The minimum absolute atomic E-state index is 0.0883. The van der Waals surface area contributed by atoms with Gasteiger partial charge in [0, 0.05) is 43.8 Å². The van der Waals surface area contributed by atoms with Crippen molar-refractivity contribution in [3.63, 3.8) is 0 Å². The second kappa shape index (κ2) is 8.04. The quantitative estimate of drug-likeness (QED) is 0.473. The van der Waals surface area contributed by atoms with Crippen molar-refractivity contribution >= 4 is 45.1 Å². The fraction of sp³-hybridized carbons (Fsp3) is 0.190. The first kappa shape index (κ1) is 20.1. The summed E-state index contributed by atoms with van der Waals surface area (Å²) in [6.07, 6.45) is 5.82. The average Bonchev–Trinajstić information content (AvgIpc) is 3.29. The summed E-state index contributed by atoms with van der Waals surface area (Å²) in [6.45, 7) is 5.87. The van der Waals surface area contributed by atoms with Gasteiger partial charge in [0.25, 0.3) is 0 Å². The third-order valence-electron chi connectivity index (χ3n) is 5.36. The van der Waals surface area contributed by atoms with E-state index in [1.54, 1.807) is 17.2 Å². The molecule has 9 nitrogen and oxygen atoms in total. The maximum atomic E-state index is 14.3. The smallest absolute Gasteiger partial charge is 0.246 e. The number of piperazine rings is 1. The van der Waals surface area contributed by atoms with Crippen molar-refractivity contribution in [3.8, 4) is 11.6 Å². The van der Waals surface area contributed by atoms with E-state index in [2.05, 4.69) is 36.6 Å². The number of nitrogens with zero attached hydrogens (tertiary/aromatic N) is 6. The van der Waals surface area contributed by atoms with Gasteiger partial charge in [-0.1, -0.05) is 18.2 Å². The molecule has 11 heteroatoms. The van der Waals surface area contributed by atoms with Crippen LogP contribution in [0.15, 0.2) is 43.5 Å². The summed E-state index contributed by atoms with van der Waals surface area (Å²) in [6, 6.07) is 3.05. The van der Waals surface area contributed by atoms with Crippen LogP contribution < -0.4 is 9.64 Å². The summed E-state index contributed by atoms with van der Waals surface area (Å²) in [4.78, 5) is 28.8. The predicted molar refractivity (Wildman–Crippen MR) is 117 cm³/mol. The molecule has 0 unspecified atom stereocenters. The Morgan fingerprint density at radius 2 is 2.03 bits per heavy atom. The topological polar surface area (TPSA) is 100 Å². The zero-order valence-electron chi connectivity index (χ0n) is 16.8. The molecule has 1 N–H and O–H groups in total.